The third-order valence-electron chi connectivity index (χ3n) is 3.41. The largest absolute Gasteiger partial charge is 0.494 e. The van der Waals surface area contributed by atoms with Gasteiger partial charge < -0.3 is 20.9 Å². The molecule has 0 heterocycles. The molecular formula is C15H26N2O2. The molecule has 0 aliphatic rings. The fourth-order valence-corrected chi connectivity index (χ4v) is 2.30. The molecule has 108 valence electrons. The van der Waals surface area contributed by atoms with Crippen LogP contribution in [0.2, 0.25) is 0 Å². The summed E-state index contributed by atoms with van der Waals surface area (Å²) >= 11 is 0. The van der Waals surface area contributed by atoms with Gasteiger partial charge in [0.1, 0.15) is 5.75 Å². The zero-order valence-electron chi connectivity index (χ0n) is 12.4. The lowest BCUT2D eigenvalue weighted by Crippen LogP contribution is -2.34. The second-order valence-electron chi connectivity index (χ2n) is 4.82. The number of nitrogens with one attached hydrogen (secondary N) is 1. The van der Waals surface area contributed by atoms with Gasteiger partial charge in [-0.2, -0.15) is 0 Å². The van der Waals surface area contributed by atoms with Gasteiger partial charge in [0.15, 0.2) is 0 Å². The van der Waals surface area contributed by atoms with E-state index in [1.54, 1.807) is 0 Å². The van der Waals surface area contributed by atoms with Crippen molar-refractivity contribution in [1.29, 1.82) is 0 Å². The Bertz CT molecular complexity index is 407. The zero-order valence-corrected chi connectivity index (χ0v) is 12.4. The van der Waals surface area contributed by atoms with Gasteiger partial charge in [-0.05, 0) is 69.6 Å². The SMILES string of the molecule is CCOc1cc(C)c(C(O)C(CCN)NC)cc1C. The first-order valence-electron chi connectivity index (χ1n) is 6.84. The molecule has 0 aromatic heterocycles. The van der Waals surface area contributed by atoms with E-state index in [-0.39, 0.29) is 6.04 Å². The third kappa shape index (κ3) is 3.93. The predicted octanol–water partition coefficient (Wildman–Crippen LogP) is 1.67. The standard InChI is InChI=1S/C15H26N2O2/c1-5-19-14-9-10(2)12(8-11(14)3)15(18)13(17-4)6-7-16/h8-9,13,15,17-18H,5-7,16H2,1-4H3. The lowest BCUT2D eigenvalue weighted by molar-refractivity contribution is 0.128. The number of benzene rings is 1. The average Bonchev–Trinajstić information content (AvgIpc) is 2.39. The molecule has 1 aromatic carbocycles. The summed E-state index contributed by atoms with van der Waals surface area (Å²) in [5.41, 5.74) is 8.61. The molecule has 1 aromatic rings. The van der Waals surface area contributed by atoms with Crippen LogP contribution in [0, 0.1) is 13.8 Å². The van der Waals surface area contributed by atoms with Crippen LogP contribution in [0.25, 0.3) is 0 Å². The van der Waals surface area contributed by atoms with E-state index in [2.05, 4.69) is 5.32 Å². The lowest BCUT2D eigenvalue weighted by Gasteiger charge is -2.24. The van der Waals surface area contributed by atoms with Gasteiger partial charge in [0.25, 0.3) is 0 Å². The molecule has 2 atom stereocenters. The van der Waals surface area contributed by atoms with Crippen LogP contribution >= 0.6 is 0 Å². The number of hydrogen-bond acceptors (Lipinski definition) is 4. The molecule has 0 bridgehead atoms. The summed E-state index contributed by atoms with van der Waals surface area (Å²) in [5, 5.41) is 13.6. The second kappa shape index (κ2) is 7.48. The number of likely N-dealkylation sites (N-methyl/N-ethyl adjacent to an activating group) is 1. The van der Waals surface area contributed by atoms with Crippen LogP contribution in [-0.2, 0) is 0 Å². The first kappa shape index (κ1) is 16.0. The Balaban J connectivity index is 3.03. The highest BCUT2D eigenvalue weighted by Crippen LogP contribution is 2.29. The van der Waals surface area contributed by atoms with E-state index in [1.807, 2.05) is 40.0 Å². The highest BCUT2D eigenvalue weighted by Gasteiger charge is 2.21. The Hall–Kier alpha value is -1.10. The van der Waals surface area contributed by atoms with Gasteiger partial charge in [-0.25, -0.2) is 0 Å². The summed E-state index contributed by atoms with van der Waals surface area (Å²) in [6, 6.07) is 3.97. The quantitative estimate of drug-likeness (QED) is 0.702. The first-order chi connectivity index (χ1) is 9.04. The van der Waals surface area contributed by atoms with Crippen LogP contribution in [0.4, 0.5) is 0 Å². The van der Waals surface area contributed by atoms with Gasteiger partial charge in [-0.3, -0.25) is 0 Å². The van der Waals surface area contributed by atoms with E-state index in [1.165, 1.54) is 0 Å². The van der Waals surface area contributed by atoms with Crippen molar-refractivity contribution in [1.82, 2.24) is 5.32 Å². The van der Waals surface area contributed by atoms with Crippen molar-refractivity contribution in [3.05, 3.63) is 28.8 Å². The van der Waals surface area contributed by atoms with Gasteiger partial charge in [0.05, 0.1) is 12.7 Å². The lowest BCUT2D eigenvalue weighted by atomic mass is 9.94. The Morgan fingerprint density at radius 1 is 1.32 bits per heavy atom. The average molecular weight is 266 g/mol. The van der Waals surface area contributed by atoms with Gasteiger partial charge >= 0.3 is 0 Å². The summed E-state index contributed by atoms with van der Waals surface area (Å²) < 4.78 is 5.57. The second-order valence-corrected chi connectivity index (χ2v) is 4.82. The molecule has 0 fully saturated rings. The van der Waals surface area contributed by atoms with Crippen LogP contribution in [0.1, 0.15) is 36.1 Å². The Morgan fingerprint density at radius 3 is 2.53 bits per heavy atom. The number of hydrogen-bond donors (Lipinski definition) is 3. The minimum absolute atomic E-state index is 0.0268. The van der Waals surface area contributed by atoms with E-state index in [0.29, 0.717) is 13.2 Å². The van der Waals surface area contributed by atoms with E-state index in [9.17, 15) is 5.11 Å². The molecule has 0 radical (unpaired) electrons. The summed E-state index contributed by atoms with van der Waals surface area (Å²) in [6.07, 6.45) is 0.187. The number of ether oxygens (including phenoxy) is 1. The molecule has 1 rings (SSSR count). The highest BCUT2D eigenvalue weighted by atomic mass is 16.5. The Morgan fingerprint density at radius 2 is 2.00 bits per heavy atom. The number of nitrogens with two attached hydrogens (primary N) is 1. The van der Waals surface area contributed by atoms with Crippen LogP contribution < -0.4 is 15.8 Å². The zero-order chi connectivity index (χ0) is 14.4. The maximum absolute atomic E-state index is 10.5. The van der Waals surface area contributed by atoms with Gasteiger partial charge in [-0.15, -0.1) is 0 Å². The number of rotatable bonds is 7. The first-order valence-corrected chi connectivity index (χ1v) is 6.84. The molecule has 0 aliphatic heterocycles. The fourth-order valence-electron chi connectivity index (χ4n) is 2.30. The molecule has 4 nitrogen and oxygen atoms in total. The molecular weight excluding hydrogens is 240 g/mol. The van der Waals surface area contributed by atoms with Gasteiger partial charge in [-0.1, -0.05) is 0 Å². The summed E-state index contributed by atoms with van der Waals surface area (Å²) in [5.74, 6) is 0.885. The van der Waals surface area contributed by atoms with E-state index < -0.39 is 6.10 Å². The summed E-state index contributed by atoms with van der Waals surface area (Å²) in [7, 11) is 1.85. The minimum Gasteiger partial charge on any atom is -0.494 e. The smallest absolute Gasteiger partial charge is 0.122 e. The Kier molecular flexibility index (Phi) is 6.28. The van der Waals surface area contributed by atoms with Crippen molar-refractivity contribution in [3.8, 4) is 5.75 Å². The van der Waals surface area contributed by atoms with E-state index in [0.717, 1.165) is 28.9 Å². The van der Waals surface area contributed by atoms with Crippen LogP contribution in [0.5, 0.6) is 5.75 Å². The third-order valence-corrected chi connectivity index (χ3v) is 3.41. The predicted molar refractivity (Wildman–Crippen MR) is 78.6 cm³/mol. The van der Waals surface area contributed by atoms with Crippen molar-refractivity contribution < 1.29 is 9.84 Å². The monoisotopic (exact) mass is 266 g/mol. The van der Waals surface area contributed by atoms with E-state index in [4.69, 9.17) is 10.5 Å². The number of aliphatic hydroxyl groups excluding tert-OH is 1. The molecule has 0 spiro atoms. The van der Waals surface area contributed by atoms with Gasteiger partial charge in [0, 0.05) is 6.04 Å². The van der Waals surface area contributed by atoms with Crippen molar-refractivity contribution >= 4 is 0 Å². The number of aryl methyl sites for hydroxylation is 2. The number of aliphatic hydroxyl groups is 1. The van der Waals surface area contributed by atoms with Crippen LogP contribution in [0.15, 0.2) is 12.1 Å². The van der Waals surface area contributed by atoms with Gasteiger partial charge in [0.2, 0.25) is 0 Å². The van der Waals surface area contributed by atoms with Crippen molar-refractivity contribution in [2.75, 3.05) is 20.2 Å². The van der Waals surface area contributed by atoms with Crippen molar-refractivity contribution in [3.63, 3.8) is 0 Å². The normalized spacial score (nSPS) is 14.2. The highest BCUT2D eigenvalue weighted by molar-refractivity contribution is 5.42. The Labute approximate surface area is 116 Å². The topological polar surface area (TPSA) is 67.5 Å². The molecule has 0 saturated carbocycles. The summed E-state index contributed by atoms with van der Waals surface area (Å²) in [6.45, 7) is 7.16. The molecule has 2 unspecified atom stereocenters. The maximum atomic E-state index is 10.5. The maximum Gasteiger partial charge on any atom is 0.122 e. The van der Waals surface area contributed by atoms with Crippen LogP contribution in [-0.4, -0.2) is 31.3 Å². The molecule has 4 heteroatoms. The molecule has 0 aliphatic carbocycles. The molecule has 0 saturated heterocycles. The fraction of sp³-hybridized carbons (Fsp3) is 0.600. The molecule has 19 heavy (non-hydrogen) atoms. The van der Waals surface area contributed by atoms with E-state index >= 15 is 0 Å². The van der Waals surface area contributed by atoms with Crippen molar-refractivity contribution in [2.45, 2.75) is 39.3 Å². The molecule has 0 amide bonds. The van der Waals surface area contributed by atoms with Crippen LogP contribution in [0.3, 0.4) is 0 Å². The molecule has 4 N–H and O–H groups in total. The van der Waals surface area contributed by atoms with Crippen molar-refractivity contribution in [2.24, 2.45) is 5.73 Å². The minimum atomic E-state index is -0.553. The summed E-state index contributed by atoms with van der Waals surface area (Å²) in [4.78, 5) is 0.